The zero-order valence-electron chi connectivity index (χ0n) is 15.9. The number of ketones is 1. The average molecular weight is 315 g/mol. The van der Waals surface area contributed by atoms with E-state index >= 15 is 0 Å². The van der Waals surface area contributed by atoms with Crippen LogP contribution in [0.2, 0.25) is 0 Å². The maximum absolute atomic E-state index is 12.3. The van der Waals surface area contributed by atoms with Gasteiger partial charge in [0.2, 0.25) is 0 Å². The second kappa shape index (κ2) is 9.70. The number of allylic oxidation sites excluding steroid dienone is 8. The van der Waals surface area contributed by atoms with Crippen LogP contribution in [0.4, 0.5) is 0 Å². The van der Waals surface area contributed by atoms with Gasteiger partial charge in [-0.25, -0.2) is 0 Å². The molecule has 0 amide bonds. The van der Waals surface area contributed by atoms with Crippen LogP contribution in [-0.4, -0.2) is 5.78 Å². The van der Waals surface area contributed by atoms with Gasteiger partial charge in [0, 0.05) is 5.92 Å². The number of carbonyl (C=O) groups is 1. The first-order valence-corrected chi connectivity index (χ1v) is 8.94. The van der Waals surface area contributed by atoms with Gasteiger partial charge in [0.05, 0.1) is 0 Å². The van der Waals surface area contributed by atoms with Gasteiger partial charge in [-0.1, -0.05) is 40.5 Å². The fraction of sp³-hybridized carbons (Fsp3) is 0.591. The lowest BCUT2D eigenvalue weighted by Crippen LogP contribution is -2.22. The minimum absolute atomic E-state index is 0.174. The van der Waals surface area contributed by atoms with Crippen LogP contribution in [0.5, 0.6) is 0 Å². The van der Waals surface area contributed by atoms with Crippen LogP contribution in [0.3, 0.4) is 0 Å². The summed E-state index contributed by atoms with van der Waals surface area (Å²) < 4.78 is 0. The molecule has 1 heteroatoms. The fourth-order valence-electron chi connectivity index (χ4n) is 3.01. The first kappa shape index (κ1) is 19.7. The molecule has 23 heavy (non-hydrogen) atoms. The molecule has 0 aliphatic heterocycles. The summed E-state index contributed by atoms with van der Waals surface area (Å²) in [5, 5.41) is 0. The Labute approximate surface area is 143 Å². The molecule has 128 valence electrons. The monoisotopic (exact) mass is 314 g/mol. The van der Waals surface area contributed by atoms with Gasteiger partial charge in [0.15, 0.2) is 5.78 Å². The first-order valence-electron chi connectivity index (χ1n) is 8.94. The fourth-order valence-corrected chi connectivity index (χ4v) is 3.01. The third kappa shape index (κ3) is 7.63. The van der Waals surface area contributed by atoms with Gasteiger partial charge in [-0.3, -0.25) is 4.79 Å². The molecule has 0 aromatic heterocycles. The van der Waals surface area contributed by atoms with Gasteiger partial charge in [-0.15, -0.1) is 0 Å². The molecule has 0 heterocycles. The Morgan fingerprint density at radius 3 is 2.22 bits per heavy atom. The van der Waals surface area contributed by atoms with Gasteiger partial charge in [0.25, 0.3) is 0 Å². The van der Waals surface area contributed by atoms with E-state index in [4.69, 9.17) is 0 Å². The van der Waals surface area contributed by atoms with Crippen molar-refractivity contribution >= 4 is 5.78 Å². The van der Waals surface area contributed by atoms with E-state index < -0.39 is 0 Å². The molecular weight excluding hydrogens is 280 g/mol. The Morgan fingerprint density at radius 1 is 1.00 bits per heavy atom. The molecule has 0 aromatic rings. The predicted molar refractivity (Wildman–Crippen MR) is 101 cm³/mol. The molecule has 0 unspecified atom stereocenters. The molecule has 0 saturated carbocycles. The van der Waals surface area contributed by atoms with E-state index in [1.54, 1.807) is 0 Å². The van der Waals surface area contributed by atoms with Crippen molar-refractivity contribution in [2.24, 2.45) is 11.8 Å². The quantitative estimate of drug-likeness (QED) is 0.485. The molecule has 0 fully saturated rings. The summed E-state index contributed by atoms with van der Waals surface area (Å²) in [4.78, 5) is 12.3. The van der Waals surface area contributed by atoms with E-state index in [1.165, 1.54) is 22.3 Å². The lowest BCUT2D eigenvalue weighted by atomic mass is 9.77. The molecule has 1 aliphatic carbocycles. The number of rotatable bonds is 7. The Bertz CT molecular complexity index is 520. The van der Waals surface area contributed by atoms with Crippen molar-refractivity contribution in [1.29, 1.82) is 0 Å². The number of hydrogen-bond acceptors (Lipinski definition) is 1. The van der Waals surface area contributed by atoms with Crippen molar-refractivity contribution in [3.05, 3.63) is 46.6 Å². The summed E-state index contributed by atoms with van der Waals surface area (Å²) in [6.07, 6.45) is 13.9. The molecule has 0 radical (unpaired) electrons. The highest BCUT2D eigenvalue weighted by molar-refractivity contribution is 5.93. The summed E-state index contributed by atoms with van der Waals surface area (Å²) in [7, 11) is 0. The number of hydrogen-bond donors (Lipinski definition) is 0. The lowest BCUT2D eigenvalue weighted by molar-refractivity contribution is -0.119. The van der Waals surface area contributed by atoms with Gasteiger partial charge >= 0.3 is 0 Å². The smallest absolute Gasteiger partial charge is 0.159 e. The van der Waals surface area contributed by atoms with Crippen LogP contribution >= 0.6 is 0 Å². The minimum atomic E-state index is 0.174. The lowest BCUT2D eigenvalue weighted by Gasteiger charge is -2.26. The summed E-state index contributed by atoms with van der Waals surface area (Å²) >= 11 is 0. The Hall–Kier alpha value is -1.37. The second-order valence-corrected chi connectivity index (χ2v) is 7.54. The second-order valence-electron chi connectivity index (χ2n) is 7.54. The summed E-state index contributed by atoms with van der Waals surface area (Å²) in [6.45, 7) is 12.9. The molecule has 0 N–H and O–H groups in total. The maximum atomic E-state index is 12.3. The standard InChI is InChI=1S/C22H34O/c1-16(2)8-7-9-18(5)11-13-21-15-20(12-10-17(3)4)19(6)14-22(21)23/h8,10-11,14,20-21H,7,9,12-13,15H2,1-6H3/b18-11+/t20-,21-/m0/s1. The van der Waals surface area contributed by atoms with Crippen molar-refractivity contribution in [1.82, 2.24) is 0 Å². The predicted octanol–water partition coefficient (Wildman–Crippen LogP) is 6.58. The maximum Gasteiger partial charge on any atom is 0.159 e. The van der Waals surface area contributed by atoms with E-state index in [9.17, 15) is 4.79 Å². The van der Waals surface area contributed by atoms with Crippen molar-refractivity contribution in [3.63, 3.8) is 0 Å². The summed E-state index contributed by atoms with van der Waals surface area (Å²) in [6, 6.07) is 0. The average Bonchev–Trinajstić information content (AvgIpc) is 2.44. The molecule has 2 atom stereocenters. The molecule has 1 aliphatic rings. The highest BCUT2D eigenvalue weighted by Crippen LogP contribution is 2.32. The van der Waals surface area contributed by atoms with Crippen molar-refractivity contribution in [2.75, 3.05) is 0 Å². The van der Waals surface area contributed by atoms with E-state index in [0.717, 1.165) is 32.1 Å². The van der Waals surface area contributed by atoms with Crippen LogP contribution in [-0.2, 0) is 4.79 Å². The summed E-state index contributed by atoms with van der Waals surface area (Å²) in [5.74, 6) is 1.03. The van der Waals surface area contributed by atoms with Gasteiger partial charge in [0.1, 0.15) is 0 Å². The van der Waals surface area contributed by atoms with Gasteiger partial charge < -0.3 is 0 Å². The van der Waals surface area contributed by atoms with Crippen molar-refractivity contribution in [3.8, 4) is 0 Å². The molecule has 0 saturated heterocycles. The van der Waals surface area contributed by atoms with Gasteiger partial charge in [-0.05, 0) is 85.6 Å². The molecule has 0 spiro atoms. The van der Waals surface area contributed by atoms with Crippen LogP contribution in [0, 0.1) is 11.8 Å². The highest BCUT2D eigenvalue weighted by Gasteiger charge is 2.26. The van der Waals surface area contributed by atoms with Crippen LogP contribution in [0.25, 0.3) is 0 Å². The van der Waals surface area contributed by atoms with Crippen molar-refractivity contribution in [2.45, 2.75) is 73.6 Å². The Morgan fingerprint density at radius 2 is 1.61 bits per heavy atom. The topological polar surface area (TPSA) is 17.1 Å². The minimum Gasteiger partial charge on any atom is -0.295 e. The van der Waals surface area contributed by atoms with Crippen LogP contribution in [0.15, 0.2) is 46.6 Å². The van der Waals surface area contributed by atoms with Gasteiger partial charge in [-0.2, -0.15) is 0 Å². The highest BCUT2D eigenvalue weighted by atomic mass is 16.1. The van der Waals surface area contributed by atoms with Crippen LogP contribution in [0.1, 0.15) is 73.6 Å². The molecular formula is C22H34O. The van der Waals surface area contributed by atoms with E-state index in [0.29, 0.717) is 11.7 Å². The van der Waals surface area contributed by atoms with E-state index in [2.05, 4.69) is 59.8 Å². The molecule has 1 rings (SSSR count). The molecule has 1 nitrogen and oxygen atoms in total. The Kier molecular flexibility index (Phi) is 8.30. The SMILES string of the molecule is CC(C)=CCC/C(C)=C/C[C@H]1C[C@H](CC=C(C)C)C(C)=CC1=O. The third-order valence-electron chi connectivity index (χ3n) is 4.64. The largest absolute Gasteiger partial charge is 0.295 e. The first-order chi connectivity index (χ1) is 10.8. The van der Waals surface area contributed by atoms with Crippen LogP contribution < -0.4 is 0 Å². The normalized spacial score (nSPS) is 21.7. The van der Waals surface area contributed by atoms with E-state index in [1.807, 2.05) is 6.08 Å². The molecule has 0 bridgehead atoms. The zero-order chi connectivity index (χ0) is 17.4. The van der Waals surface area contributed by atoms with E-state index in [-0.39, 0.29) is 5.92 Å². The zero-order valence-corrected chi connectivity index (χ0v) is 15.9. The third-order valence-corrected chi connectivity index (χ3v) is 4.64. The Balaban J connectivity index is 2.61. The summed E-state index contributed by atoms with van der Waals surface area (Å²) in [5.41, 5.74) is 5.40. The van der Waals surface area contributed by atoms with Crippen molar-refractivity contribution < 1.29 is 4.79 Å². The number of carbonyl (C=O) groups excluding carboxylic acids is 1. The molecule has 0 aromatic carbocycles.